The second-order valence-corrected chi connectivity index (χ2v) is 5.44. The van der Waals surface area contributed by atoms with E-state index in [9.17, 15) is 4.79 Å². The molecule has 2 N–H and O–H groups in total. The SMILES string of the molecule is COc1ccc(NC(=O)N[C@H]2CCCc3c2cnn3C)cc1. The minimum Gasteiger partial charge on any atom is -0.497 e. The lowest BCUT2D eigenvalue weighted by molar-refractivity contribution is 0.247. The Balaban J connectivity index is 1.64. The number of nitrogens with one attached hydrogen (secondary N) is 2. The molecule has 6 heteroatoms. The van der Waals surface area contributed by atoms with Crippen molar-refractivity contribution in [1.82, 2.24) is 15.1 Å². The first-order valence-electron chi connectivity index (χ1n) is 7.39. The second-order valence-electron chi connectivity index (χ2n) is 5.44. The lowest BCUT2D eigenvalue weighted by atomic mass is 9.93. The first-order valence-corrected chi connectivity index (χ1v) is 7.39. The zero-order valence-corrected chi connectivity index (χ0v) is 12.8. The zero-order chi connectivity index (χ0) is 15.5. The van der Waals surface area contributed by atoms with Gasteiger partial charge in [-0.05, 0) is 43.5 Å². The molecule has 0 saturated heterocycles. The van der Waals surface area contributed by atoms with Crippen molar-refractivity contribution in [1.29, 1.82) is 0 Å². The summed E-state index contributed by atoms with van der Waals surface area (Å²) < 4.78 is 6.99. The average Bonchev–Trinajstić information content (AvgIpc) is 2.91. The smallest absolute Gasteiger partial charge is 0.319 e. The molecule has 0 spiro atoms. The van der Waals surface area contributed by atoms with Crippen LogP contribution in [0.4, 0.5) is 10.5 Å². The molecule has 0 fully saturated rings. The van der Waals surface area contributed by atoms with Crippen LogP contribution in [-0.2, 0) is 13.5 Å². The normalized spacial score (nSPS) is 16.7. The van der Waals surface area contributed by atoms with E-state index in [1.165, 1.54) is 5.69 Å². The molecule has 0 unspecified atom stereocenters. The first-order chi connectivity index (χ1) is 10.7. The highest BCUT2D eigenvalue weighted by atomic mass is 16.5. The van der Waals surface area contributed by atoms with Crippen molar-refractivity contribution in [2.45, 2.75) is 25.3 Å². The number of amides is 2. The highest BCUT2D eigenvalue weighted by Crippen LogP contribution is 2.29. The van der Waals surface area contributed by atoms with Crippen LogP contribution in [-0.4, -0.2) is 22.9 Å². The molecule has 1 aliphatic rings. The van der Waals surface area contributed by atoms with Crippen LogP contribution in [0.3, 0.4) is 0 Å². The number of urea groups is 1. The summed E-state index contributed by atoms with van der Waals surface area (Å²) in [4.78, 5) is 12.2. The Morgan fingerprint density at radius 2 is 2.14 bits per heavy atom. The number of rotatable bonds is 3. The van der Waals surface area contributed by atoms with E-state index in [0.29, 0.717) is 0 Å². The maximum absolute atomic E-state index is 12.2. The number of anilines is 1. The van der Waals surface area contributed by atoms with Crippen LogP contribution in [0.2, 0.25) is 0 Å². The molecule has 3 rings (SSSR count). The predicted molar refractivity (Wildman–Crippen MR) is 84.0 cm³/mol. The lowest BCUT2D eigenvalue weighted by Gasteiger charge is -2.24. The number of methoxy groups -OCH3 is 1. The molecule has 22 heavy (non-hydrogen) atoms. The Labute approximate surface area is 129 Å². The molecule has 6 nitrogen and oxygen atoms in total. The highest BCUT2D eigenvalue weighted by molar-refractivity contribution is 5.89. The lowest BCUT2D eigenvalue weighted by Crippen LogP contribution is -2.34. The van der Waals surface area contributed by atoms with Crippen LogP contribution >= 0.6 is 0 Å². The average molecular weight is 300 g/mol. The number of nitrogens with zero attached hydrogens (tertiary/aromatic N) is 2. The molecule has 0 bridgehead atoms. The molecule has 0 saturated carbocycles. The fourth-order valence-electron chi connectivity index (χ4n) is 2.86. The van der Waals surface area contributed by atoms with Gasteiger partial charge in [0.25, 0.3) is 0 Å². The Bertz CT molecular complexity index is 663. The van der Waals surface area contributed by atoms with Gasteiger partial charge >= 0.3 is 6.03 Å². The number of aromatic nitrogens is 2. The molecule has 2 aromatic rings. The summed E-state index contributed by atoms with van der Waals surface area (Å²) in [6, 6.07) is 7.08. The van der Waals surface area contributed by atoms with Gasteiger partial charge < -0.3 is 15.4 Å². The van der Waals surface area contributed by atoms with Crippen molar-refractivity contribution in [3.63, 3.8) is 0 Å². The van der Waals surface area contributed by atoms with Gasteiger partial charge in [-0.15, -0.1) is 0 Å². The summed E-state index contributed by atoms with van der Waals surface area (Å²) in [6.07, 6.45) is 4.87. The Kier molecular flexibility index (Phi) is 4.00. The summed E-state index contributed by atoms with van der Waals surface area (Å²) in [5.74, 6) is 0.762. The van der Waals surface area contributed by atoms with Crippen LogP contribution in [0.15, 0.2) is 30.5 Å². The van der Waals surface area contributed by atoms with Crippen LogP contribution in [0.5, 0.6) is 5.75 Å². The predicted octanol–water partition coefficient (Wildman–Crippen LogP) is 2.63. The summed E-state index contributed by atoms with van der Waals surface area (Å²) in [6.45, 7) is 0. The molecule has 1 atom stereocenters. The zero-order valence-electron chi connectivity index (χ0n) is 12.8. The number of hydrogen-bond acceptors (Lipinski definition) is 3. The maximum Gasteiger partial charge on any atom is 0.319 e. The van der Waals surface area contributed by atoms with Crippen molar-refractivity contribution < 1.29 is 9.53 Å². The molecule has 116 valence electrons. The molecule has 2 amide bonds. The van der Waals surface area contributed by atoms with E-state index in [4.69, 9.17) is 4.74 Å². The maximum atomic E-state index is 12.2. The number of ether oxygens (including phenoxy) is 1. The summed E-state index contributed by atoms with van der Waals surface area (Å²) in [5, 5.41) is 10.2. The highest BCUT2D eigenvalue weighted by Gasteiger charge is 2.24. The minimum absolute atomic E-state index is 0.0238. The third-order valence-corrected chi connectivity index (χ3v) is 4.03. The van der Waals surface area contributed by atoms with Crippen molar-refractivity contribution >= 4 is 11.7 Å². The third kappa shape index (κ3) is 2.90. The van der Waals surface area contributed by atoms with Gasteiger partial charge in [-0.2, -0.15) is 5.10 Å². The van der Waals surface area contributed by atoms with Gasteiger partial charge in [-0.25, -0.2) is 4.79 Å². The van der Waals surface area contributed by atoms with E-state index >= 15 is 0 Å². The first kappa shape index (κ1) is 14.4. The summed E-state index contributed by atoms with van der Waals surface area (Å²) >= 11 is 0. The number of fused-ring (bicyclic) bond motifs is 1. The van der Waals surface area contributed by atoms with Gasteiger partial charge in [-0.1, -0.05) is 0 Å². The van der Waals surface area contributed by atoms with Gasteiger partial charge in [-0.3, -0.25) is 4.68 Å². The van der Waals surface area contributed by atoms with Gasteiger partial charge in [0.1, 0.15) is 5.75 Å². The fourth-order valence-corrected chi connectivity index (χ4v) is 2.86. The van der Waals surface area contributed by atoms with Crippen molar-refractivity contribution in [3.8, 4) is 5.75 Å². The van der Waals surface area contributed by atoms with Gasteiger partial charge in [0.2, 0.25) is 0 Å². The Hall–Kier alpha value is -2.50. The van der Waals surface area contributed by atoms with E-state index in [2.05, 4.69) is 15.7 Å². The largest absolute Gasteiger partial charge is 0.497 e. The number of carbonyl (C=O) groups excluding carboxylic acids is 1. The molecular formula is C16H20N4O2. The van der Waals surface area contributed by atoms with E-state index < -0.39 is 0 Å². The number of carbonyl (C=O) groups is 1. The molecule has 0 radical (unpaired) electrons. The fraction of sp³-hybridized carbons (Fsp3) is 0.375. The van der Waals surface area contributed by atoms with E-state index in [1.54, 1.807) is 7.11 Å². The van der Waals surface area contributed by atoms with Crippen molar-refractivity contribution in [2.75, 3.05) is 12.4 Å². The molecule has 1 aromatic heterocycles. The van der Waals surface area contributed by atoms with Crippen molar-refractivity contribution in [3.05, 3.63) is 41.7 Å². The monoisotopic (exact) mass is 300 g/mol. The van der Waals surface area contributed by atoms with Gasteiger partial charge in [0, 0.05) is 24.0 Å². The Morgan fingerprint density at radius 3 is 2.86 bits per heavy atom. The van der Waals surface area contributed by atoms with Crippen LogP contribution < -0.4 is 15.4 Å². The number of aryl methyl sites for hydroxylation is 1. The minimum atomic E-state index is -0.202. The molecule has 0 aliphatic heterocycles. The van der Waals surface area contributed by atoms with E-state index in [1.807, 2.05) is 42.2 Å². The van der Waals surface area contributed by atoms with Gasteiger partial charge in [0.05, 0.1) is 19.3 Å². The number of benzene rings is 1. The van der Waals surface area contributed by atoms with Crippen LogP contribution in [0.25, 0.3) is 0 Å². The Morgan fingerprint density at radius 1 is 1.36 bits per heavy atom. The molecule has 1 heterocycles. The van der Waals surface area contributed by atoms with Gasteiger partial charge in [0.15, 0.2) is 0 Å². The summed E-state index contributed by atoms with van der Waals surface area (Å²) in [5.41, 5.74) is 3.07. The molecular weight excluding hydrogens is 280 g/mol. The van der Waals surface area contributed by atoms with E-state index in [0.717, 1.165) is 36.3 Å². The topological polar surface area (TPSA) is 68.2 Å². The summed E-state index contributed by atoms with van der Waals surface area (Å²) in [7, 11) is 3.56. The molecule has 1 aromatic carbocycles. The van der Waals surface area contributed by atoms with Crippen LogP contribution in [0, 0.1) is 0 Å². The molecule has 1 aliphatic carbocycles. The second kappa shape index (κ2) is 6.09. The van der Waals surface area contributed by atoms with Crippen LogP contribution in [0.1, 0.15) is 30.1 Å². The third-order valence-electron chi connectivity index (χ3n) is 4.03. The standard InChI is InChI=1S/C16H20N4O2/c1-20-15-5-3-4-14(13(15)10-17-20)19-16(21)18-11-6-8-12(22-2)9-7-11/h6-10,14H,3-5H2,1-2H3,(H2,18,19,21)/t14-/m0/s1. The van der Waals surface area contributed by atoms with E-state index in [-0.39, 0.29) is 12.1 Å². The number of hydrogen-bond donors (Lipinski definition) is 2. The quantitative estimate of drug-likeness (QED) is 0.915. The van der Waals surface area contributed by atoms with Crippen molar-refractivity contribution in [2.24, 2.45) is 7.05 Å².